The van der Waals surface area contributed by atoms with Crippen LogP contribution in [0.3, 0.4) is 0 Å². The van der Waals surface area contributed by atoms with Crippen LogP contribution in [0.4, 0.5) is 0 Å². The van der Waals surface area contributed by atoms with E-state index in [-0.39, 0.29) is 18.2 Å². The van der Waals surface area contributed by atoms with Gasteiger partial charge in [-0.2, -0.15) is 8.61 Å². The van der Waals surface area contributed by atoms with Gasteiger partial charge in [0, 0.05) is 39.3 Å². The van der Waals surface area contributed by atoms with Crippen LogP contribution in [0.25, 0.3) is 0 Å². The van der Waals surface area contributed by atoms with Crippen molar-refractivity contribution in [2.45, 2.75) is 10.3 Å². The first-order chi connectivity index (χ1) is 9.92. The van der Waals surface area contributed by atoms with E-state index in [2.05, 4.69) is 5.32 Å². The molecule has 0 bridgehead atoms. The number of sulfonamides is 2. The number of piperazine rings is 1. The molecule has 8 nitrogen and oxygen atoms in total. The molecule has 1 N–H and O–H groups in total. The largest absolute Gasteiger partial charge is 0.452 e. The van der Waals surface area contributed by atoms with Gasteiger partial charge in [-0.05, 0) is 12.1 Å². The van der Waals surface area contributed by atoms with E-state index < -0.39 is 25.3 Å². The first-order valence-corrected chi connectivity index (χ1v) is 9.60. The second kappa shape index (κ2) is 5.36. The van der Waals surface area contributed by atoms with Crippen molar-refractivity contribution in [3.8, 4) is 0 Å². The number of nitrogens with zero attached hydrogens (tertiary/aromatic N) is 2. The summed E-state index contributed by atoms with van der Waals surface area (Å²) < 4.78 is 56.5. The highest BCUT2D eigenvalue weighted by molar-refractivity contribution is 7.91. The van der Waals surface area contributed by atoms with Crippen LogP contribution in [-0.4, -0.2) is 70.0 Å². The van der Waals surface area contributed by atoms with Gasteiger partial charge in [0.15, 0.2) is 0 Å². The molecule has 2 aliphatic heterocycles. The normalized spacial score (nSPS) is 23.0. The summed E-state index contributed by atoms with van der Waals surface area (Å²) in [6, 6.07) is 2.84. The Labute approximate surface area is 123 Å². The predicted octanol–water partition coefficient (Wildman–Crippen LogP) is -1.11. The number of furan rings is 1. The SMILES string of the molecule is O=S(=O)(c1ccco1)N1CC(S(=O)(=O)N2CCNCC2)C1. The maximum Gasteiger partial charge on any atom is 0.276 e. The van der Waals surface area contributed by atoms with Gasteiger partial charge in [0.05, 0.1) is 6.26 Å². The van der Waals surface area contributed by atoms with Crippen LogP contribution < -0.4 is 5.32 Å². The molecule has 0 aliphatic carbocycles. The maximum absolute atomic E-state index is 12.4. The summed E-state index contributed by atoms with van der Waals surface area (Å²) in [5.41, 5.74) is 0. The molecule has 0 spiro atoms. The van der Waals surface area contributed by atoms with Crippen molar-refractivity contribution in [2.75, 3.05) is 39.3 Å². The Morgan fingerprint density at radius 3 is 2.33 bits per heavy atom. The van der Waals surface area contributed by atoms with Crippen molar-refractivity contribution in [1.29, 1.82) is 0 Å². The van der Waals surface area contributed by atoms with Crippen LogP contribution in [0.5, 0.6) is 0 Å². The molecule has 3 rings (SSSR count). The average Bonchev–Trinajstić information content (AvgIpc) is 2.92. The van der Waals surface area contributed by atoms with E-state index in [1.807, 2.05) is 0 Å². The summed E-state index contributed by atoms with van der Waals surface area (Å²) in [6.45, 7) is 2.08. The third-order valence-electron chi connectivity index (χ3n) is 3.76. The lowest BCUT2D eigenvalue weighted by Gasteiger charge is -2.40. The van der Waals surface area contributed by atoms with Crippen LogP contribution in [0.15, 0.2) is 27.9 Å². The molecule has 0 atom stereocenters. The third kappa shape index (κ3) is 2.61. The zero-order valence-corrected chi connectivity index (χ0v) is 12.9. The zero-order chi connectivity index (χ0) is 15.1. The van der Waals surface area contributed by atoms with Crippen LogP contribution >= 0.6 is 0 Å². The highest BCUT2D eigenvalue weighted by atomic mass is 32.2. The number of nitrogens with one attached hydrogen (secondary N) is 1. The molecular formula is C11H17N3O5S2. The summed E-state index contributed by atoms with van der Waals surface area (Å²) >= 11 is 0. The molecule has 1 aromatic rings. The fourth-order valence-electron chi connectivity index (χ4n) is 2.43. The monoisotopic (exact) mass is 335 g/mol. The van der Waals surface area contributed by atoms with E-state index in [1.54, 1.807) is 0 Å². The van der Waals surface area contributed by atoms with Gasteiger partial charge in [0.1, 0.15) is 5.25 Å². The van der Waals surface area contributed by atoms with Crippen LogP contribution in [-0.2, 0) is 20.0 Å². The van der Waals surface area contributed by atoms with E-state index in [9.17, 15) is 16.8 Å². The third-order valence-corrected chi connectivity index (χ3v) is 7.71. The molecule has 0 unspecified atom stereocenters. The minimum absolute atomic E-state index is 0.0186. The van der Waals surface area contributed by atoms with E-state index in [0.29, 0.717) is 26.2 Å². The van der Waals surface area contributed by atoms with Crippen molar-refractivity contribution < 1.29 is 21.3 Å². The summed E-state index contributed by atoms with van der Waals surface area (Å²) in [5.74, 6) is 0. The lowest BCUT2D eigenvalue weighted by atomic mass is 10.3. The Morgan fingerprint density at radius 1 is 1.10 bits per heavy atom. The smallest absolute Gasteiger partial charge is 0.276 e. The molecular weight excluding hydrogens is 318 g/mol. The molecule has 21 heavy (non-hydrogen) atoms. The first-order valence-electron chi connectivity index (χ1n) is 6.66. The molecule has 118 valence electrons. The van der Waals surface area contributed by atoms with Gasteiger partial charge in [-0.1, -0.05) is 0 Å². The quantitative estimate of drug-likeness (QED) is 0.749. The summed E-state index contributed by atoms with van der Waals surface area (Å²) in [5, 5.41) is 2.27. The maximum atomic E-state index is 12.4. The fourth-order valence-corrected chi connectivity index (χ4v) is 5.91. The number of hydrogen-bond donors (Lipinski definition) is 1. The molecule has 2 fully saturated rings. The van der Waals surface area contributed by atoms with Crippen molar-refractivity contribution >= 4 is 20.0 Å². The summed E-state index contributed by atoms with van der Waals surface area (Å²) in [4.78, 5) is 0. The lowest BCUT2D eigenvalue weighted by molar-refractivity contribution is 0.280. The Kier molecular flexibility index (Phi) is 3.82. The van der Waals surface area contributed by atoms with Crippen molar-refractivity contribution in [3.05, 3.63) is 18.4 Å². The average molecular weight is 335 g/mol. The number of hydrogen-bond acceptors (Lipinski definition) is 6. The molecule has 2 aliphatic rings. The Balaban J connectivity index is 1.68. The Bertz CT molecular complexity index is 686. The van der Waals surface area contributed by atoms with Crippen molar-refractivity contribution in [3.63, 3.8) is 0 Å². The van der Waals surface area contributed by atoms with Gasteiger partial charge in [-0.15, -0.1) is 0 Å². The first kappa shape index (κ1) is 15.0. The van der Waals surface area contributed by atoms with Crippen molar-refractivity contribution in [1.82, 2.24) is 13.9 Å². The van der Waals surface area contributed by atoms with Crippen molar-refractivity contribution in [2.24, 2.45) is 0 Å². The van der Waals surface area contributed by atoms with E-state index in [1.165, 1.54) is 22.7 Å². The van der Waals surface area contributed by atoms with E-state index in [4.69, 9.17) is 4.42 Å². The highest BCUT2D eigenvalue weighted by Gasteiger charge is 2.46. The molecule has 0 saturated carbocycles. The predicted molar refractivity (Wildman–Crippen MR) is 74.6 cm³/mol. The van der Waals surface area contributed by atoms with Gasteiger partial charge in [-0.3, -0.25) is 0 Å². The minimum Gasteiger partial charge on any atom is -0.452 e. The van der Waals surface area contributed by atoms with Crippen LogP contribution in [0, 0.1) is 0 Å². The standard InChI is InChI=1S/C11H17N3O5S2/c15-20(16,13-5-3-12-4-6-13)10-8-14(9-10)21(17,18)11-2-1-7-19-11/h1-2,7,10,12H,3-6,8-9H2. The Hall–Kier alpha value is -0.940. The van der Waals surface area contributed by atoms with Crippen LogP contribution in [0.2, 0.25) is 0 Å². The second-order valence-electron chi connectivity index (χ2n) is 5.07. The van der Waals surface area contributed by atoms with E-state index in [0.717, 1.165) is 4.31 Å². The molecule has 10 heteroatoms. The minimum atomic E-state index is -3.71. The lowest BCUT2D eigenvalue weighted by Crippen LogP contribution is -2.61. The summed E-state index contributed by atoms with van der Waals surface area (Å²) in [7, 11) is -7.14. The topological polar surface area (TPSA) is 99.9 Å². The molecule has 0 radical (unpaired) electrons. The van der Waals surface area contributed by atoms with Gasteiger partial charge in [0.25, 0.3) is 10.0 Å². The zero-order valence-electron chi connectivity index (χ0n) is 11.3. The summed E-state index contributed by atoms with van der Waals surface area (Å²) in [6.07, 6.45) is 1.28. The molecule has 2 saturated heterocycles. The molecule has 1 aromatic heterocycles. The fraction of sp³-hybridized carbons (Fsp3) is 0.636. The number of rotatable bonds is 4. The molecule has 0 aromatic carbocycles. The Morgan fingerprint density at radius 2 is 1.76 bits per heavy atom. The van der Waals surface area contributed by atoms with Gasteiger partial charge < -0.3 is 9.73 Å². The van der Waals surface area contributed by atoms with Gasteiger partial charge in [0.2, 0.25) is 15.1 Å². The van der Waals surface area contributed by atoms with Gasteiger partial charge in [-0.25, -0.2) is 16.8 Å². The highest BCUT2D eigenvalue weighted by Crippen LogP contribution is 2.27. The molecule has 3 heterocycles. The molecule has 0 amide bonds. The van der Waals surface area contributed by atoms with Crippen LogP contribution in [0.1, 0.15) is 0 Å². The second-order valence-corrected chi connectivity index (χ2v) is 9.15. The van der Waals surface area contributed by atoms with E-state index >= 15 is 0 Å². The van der Waals surface area contributed by atoms with Gasteiger partial charge >= 0.3 is 0 Å².